The highest BCUT2D eigenvalue weighted by molar-refractivity contribution is 6.02. The first-order chi connectivity index (χ1) is 23.4. The van der Waals surface area contributed by atoms with E-state index in [1.165, 1.54) is 23.5 Å². The Bertz CT molecular complexity index is 1630. The van der Waals surface area contributed by atoms with Gasteiger partial charge in [-0.1, -0.05) is 24.8 Å². The molecule has 3 fully saturated rings. The molecule has 3 aromatic rings. The number of ether oxygens (including phenoxy) is 1. The number of methoxy groups -OCH3 is 1. The van der Waals surface area contributed by atoms with Gasteiger partial charge in [0.15, 0.2) is 17.5 Å². The highest BCUT2D eigenvalue weighted by Crippen LogP contribution is 2.41. The number of aromatic nitrogens is 2. The van der Waals surface area contributed by atoms with E-state index >= 15 is 0 Å². The number of amides is 1. The van der Waals surface area contributed by atoms with Gasteiger partial charge in [0.25, 0.3) is 0 Å². The van der Waals surface area contributed by atoms with E-state index in [0.717, 1.165) is 70.4 Å². The van der Waals surface area contributed by atoms with Crippen LogP contribution in [-0.4, -0.2) is 91.2 Å². The van der Waals surface area contributed by atoms with Gasteiger partial charge in [-0.15, -0.1) is 6.58 Å². The first-order valence-electron chi connectivity index (χ1n) is 16.3. The molecule has 0 bridgehead atoms. The molecule has 4 heterocycles. The minimum Gasteiger partial charge on any atom is -0.494 e. The Labute approximate surface area is 279 Å². The van der Waals surface area contributed by atoms with Crippen molar-refractivity contribution in [1.82, 2.24) is 19.8 Å². The number of halogens is 2. The lowest BCUT2D eigenvalue weighted by Gasteiger charge is -2.43. The lowest BCUT2D eigenvalue weighted by molar-refractivity contribution is -0.111. The fraction of sp³-hybridized carbons (Fsp3) is 0.400. The lowest BCUT2D eigenvalue weighted by Crippen LogP contribution is -2.53. The molecule has 1 amide bonds. The summed E-state index contributed by atoms with van der Waals surface area (Å²) in [5.41, 5.74) is 2.22. The lowest BCUT2D eigenvalue weighted by atomic mass is 10.0. The van der Waals surface area contributed by atoms with Crippen molar-refractivity contribution in [2.24, 2.45) is 0 Å². The SMILES string of the molecule is C=CCN1CCN(C2CCN(c3cc(OC)c(Nc4cc(N5OCCC5c5cccc(F)c5F)ncn4)cc3NC(=O)C=C)CC2)CC1. The van der Waals surface area contributed by atoms with E-state index in [1.54, 1.807) is 19.2 Å². The molecule has 3 aliphatic heterocycles. The van der Waals surface area contributed by atoms with Crippen molar-refractivity contribution in [2.75, 3.05) is 80.1 Å². The molecular weight excluding hydrogens is 618 g/mol. The molecule has 2 aromatic carbocycles. The van der Waals surface area contributed by atoms with E-state index in [9.17, 15) is 13.6 Å². The maximum Gasteiger partial charge on any atom is 0.247 e. The molecule has 2 N–H and O–H groups in total. The Morgan fingerprint density at radius 2 is 1.83 bits per heavy atom. The third kappa shape index (κ3) is 7.28. The number of carbonyl (C=O) groups excluding carboxylic acids is 1. The van der Waals surface area contributed by atoms with Crippen LogP contribution in [0, 0.1) is 11.6 Å². The van der Waals surface area contributed by atoms with Crippen LogP contribution >= 0.6 is 0 Å². The van der Waals surface area contributed by atoms with Crippen LogP contribution in [0.25, 0.3) is 0 Å². The van der Waals surface area contributed by atoms with Gasteiger partial charge in [0.05, 0.1) is 36.8 Å². The molecule has 13 heteroatoms. The van der Waals surface area contributed by atoms with Gasteiger partial charge in [0.2, 0.25) is 5.91 Å². The number of anilines is 5. The number of rotatable bonds is 11. The molecule has 0 spiro atoms. The summed E-state index contributed by atoms with van der Waals surface area (Å²) in [6, 6.07) is 9.46. The number of hydroxylamine groups is 1. The molecule has 48 heavy (non-hydrogen) atoms. The van der Waals surface area contributed by atoms with Crippen LogP contribution in [0.2, 0.25) is 0 Å². The Hall–Kier alpha value is -4.59. The number of carbonyl (C=O) groups is 1. The summed E-state index contributed by atoms with van der Waals surface area (Å²) >= 11 is 0. The van der Waals surface area contributed by atoms with Crippen LogP contribution in [0.4, 0.5) is 37.5 Å². The molecule has 0 radical (unpaired) electrons. The summed E-state index contributed by atoms with van der Waals surface area (Å²) in [6.45, 7) is 14.7. The maximum absolute atomic E-state index is 14.7. The van der Waals surface area contributed by atoms with Gasteiger partial charge in [0.1, 0.15) is 17.9 Å². The molecule has 0 saturated carbocycles. The average molecular weight is 661 g/mol. The van der Waals surface area contributed by atoms with Gasteiger partial charge in [0, 0.05) is 76.0 Å². The number of piperidine rings is 1. The van der Waals surface area contributed by atoms with E-state index in [2.05, 4.69) is 48.5 Å². The Morgan fingerprint density at radius 1 is 1.04 bits per heavy atom. The average Bonchev–Trinajstić information content (AvgIpc) is 3.60. The zero-order valence-electron chi connectivity index (χ0n) is 27.2. The van der Waals surface area contributed by atoms with E-state index in [0.29, 0.717) is 47.8 Å². The van der Waals surface area contributed by atoms with Gasteiger partial charge in [-0.05, 0) is 31.1 Å². The summed E-state index contributed by atoms with van der Waals surface area (Å²) in [5.74, 6) is -0.808. The standard InChI is InChI=1S/C35H42F2N8O3/c1-4-12-42-15-17-43(18-16-42)24-9-13-44(14-10-24)30-21-31(47-3)28(20-27(30)41-34(46)5-2)40-32-22-33(39-23-38-32)45-29(11-19-48-45)25-7-6-8-26(36)35(25)37/h4-8,20-24,29H,1-2,9-19H2,3H3,(H,41,46)(H,38,39,40). The molecule has 254 valence electrons. The fourth-order valence-corrected chi connectivity index (χ4v) is 6.78. The molecule has 0 aliphatic carbocycles. The second kappa shape index (κ2) is 15.1. The summed E-state index contributed by atoms with van der Waals surface area (Å²) in [5, 5.41) is 7.73. The molecule has 6 rings (SSSR count). The number of benzene rings is 2. The molecule has 3 saturated heterocycles. The van der Waals surface area contributed by atoms with Gasteiger partial charge >= 0.3 is 0 Å². The van der Waals surface area contributed by atoms with Crippen molar-refractivity contribution in [1.29, 1.82) is 0 Å². The minimum absolute atomic E-state index is 0.190. The molecular formula is C35H42F2N8O3. The van der Waals surface area contributed by atoms with E-state index in [1.807, 2.05) is 18.2 Å². The third-order valence-corrected chi connectivity index (χ3v) is 9.26. The van der Waals surface area contributed by atoms with Crippen molar-refractivity contribution < 1.29 is 23.1 Å². The van der Waals surface area contributed by atoms with Gasteiger partial charge in [-0.2, -0.15) is 0 Å². The summed E-state index contributed by atoms with van der Waals surface area (Å²) < 4.78 is 34.5. The summed E-state index contributed by atoms with van der Waals surface area (Å²) in [4.78, 5) is 34.4. The Kier molecular flexibility index (Phi) is 10.5. The highest BCUT2D eigenvalue weighted by atomic mass is 19.2. The topological polar surface area (TPSA) is 98.3 Å². The number of hydrogen-bond donors (Lipinski definition) is 2. The van der Waals surface area contributed by atoms with E-state index < -0.39 is 17.7 Å². The largest absolute Gasteiger partial charge is 0.494 e. The monoisotopic (exact) mass is 660 g/mol. The van der Waals surface area contributed by atoms with Gasteiger partial charge in [-0.25, -0.2) is 23.8 Å². The van der Waals surface area contributed by atoms with Crippen LogP contribution in [0.1, 0.15) is 30.9 Å². The van der Waals surface area contributed by atoms with E-state index in [4.69, 9.17) is 9.57 Å². The molecule has 1 aromatic heterocycles. The molecule has 1 unspecified atom stereocenters. The maximum atomic E-state index is 14.7. The smallest absolute Gasteiger partial charge is 0.247 e. The van der Waals surface area contributed by atoms with Crippen LogP contribution < -0.4 is 25.3 Å². The summed E-state index contributed by atoms with van der Waals surface area (Å²) in [6.07, 6.45) is 7.06. The minimum atomic E-state index is -0.915. The Balaban J connectivity index is 1.20. The first-order valence-corrected chi connectivity index (χ1v) is 16.3. The molecule has 11 nitrogen and oxygen atoms in total. The second-order valence-electron chi connectivity index (χ2n) is 12.1. The second-order valence-corrected chi connectivity index (χ2v) is 12.1. The zero-order chi connectivity index (χ0) is 33.6. The number of piperazine rings is 1. The third-order valence-electron chi connectivity index (χ3n) is 9.26. The number of nitrogens with one attached hydrogen (secondary N) is 2. The van der Waals surface area contributed by atoms with Crippen molar-refractivity contribution in [3.8, 4) is 5.75 Å². The predicted octanol–water partition coefficient (Wildman–Crippen LogP) is 5.29. The normalized spacial score (nSPS) is 19.3. The van der Waals surface area contributed by atoms with Crippen molar-refractivity contribution in [3.63, 3.8) is 0 Å². The van der Waals surface area contributed by atoms with Crippen molar-refractivity contribution in [2.45, 2.75) is 31.3 Å². The summed E-state index contributed by atoms with van der Waals surface area (Å²) in [7, 11) is 1.59. The van der Waals surface area contributed by atoms with Gasteiger partial charge < -0.3 is 20.3 Å². The fourth-order valence-electron chi connectivity index (χ4n) is 6.78. The predicted molar refractivity (Wildman–Crippen MR) is 183 cm³/mol. The first kappa shape index (κ1) is 33.3. The Morgan fingerprint density at radius 3 is 2.56 bits per heavy atom. The highest BCUT2D eigenvalue weighted by Gasteiger charge is 2.32. The number of nitrogens with zero attached hydrogens (tertiary/aromatic N) is 6. The number of hydrogen-bond acceptors (Lipinski definition) is 10. The van der Waals surface area contributed by atoms with Crippen molar-refractivity contribution >= 4 is 34.6 Å². The van der Waals surface area contributed by atoms with Gasteiger partial charge in [-0.3, -0.25) is 19.4 Å². The van der Waals surface area contributed by atoms with Crippen LogP contribution in [0.3, 0.4) is 0 Å². The van der Waals surface area contributed by atoms with Crippen LogP contribution in [0.15, 0.2) is 68.0 Å². The van der Waals surface area contributed by atoms with Crippen molar-refractivity contribution in [3.05, 3.63) is 85.2 Å². The van der Waals surface area contributed by atoms with Crippen LogP contribution in [0.5, 0.6) is 5.75 Å². The zero-order valence-corrected chi connectivity index (χ0v) is 27.2. The van der Waals surface area contributed by atoms with E-state index in [-0.39, 0.29) is 11.5 Å². The molecule has 3 aliphatic rings. The molecule has 1 atom stereocenters. The quantitative estimate of drug-likeness (QED) is 0.209. The van der Waals surface area contributed by atoms with Crippen LogP contribution in [-0.2, 0) is 9.63 Å².